The molecule has 0 aromatic carbocycles. The highest BCUT2D eigenvalue weighted by atomic mass is 16.2. The molecule has 0 radical (unpaired) electrons. The van der Waals surface area contributed by atoms with E-state index in [0.29, 0.717) is 37.7 Å². The van der Waals surface area contributed by atoms with Crippen LogP contribution in [0.2, 0.25) is 0 Å². The average Bonchev–Trinajstić information content (AvgIpc) is 3.15. The summed E-state index contributed by atoms with van der Waals surface area (Å²) in [6.45, 7) is 9.10. The maximum atomic E-state index is 12.6. The van der Waals surface area contributed by atoms with Crippen LogP contribution in [0.5, 0.6) is 0 Å². The van der Waals surface area contributed by atoms with Gasteiger partial charge in [-0.25, -0.2) is 4.98 Å². The molecule has 0 spiro atoms. The Morgan fingerprint density at radius 1 is 1.23 bits per heavy atom. The zero-order valence-electron chi connectivity index (χ0n) is 16.0. The van der Waals surface area contributed by atoms with E-state index in [1.165, 1.54) is 25.2 Å². The van der Waals surface area contributed by atoms with E-state index < -0.39 is 0 Å². The van der Waals surface area contributed by atoms with Gasteiger partial charge in [0.05, 0.1) is 6.20 Å². The number of likely N-dealkylation sites (tertiary alicyclic amines) is 1. The summed E-state index contributed by atoms with van der Waals surface area (Å²) in [5, 5.41) is 2.96. The number of hydrogen-bond acceptors (Lipinski definition) is 5. The summed E-state index contributed by atoms with van der Waals surface area (Å²) in [7, 11) is 0. The van der Waals surface area contributed by atoms with Crippen LogP contribution >= 0.6 is 0 Å². The van der Waals surface area contributed by atoms with Crippen LogP contribution in [0.4, 0.5) is 0 Å². The van der Waals surface area contributed by atoms with Gasteiger partial charge in [0.2, 0.25) is 5.91 Å². The topological polar surface area (TPSA) is 78.4 Å². The lowest BCUT2D eigenvalue weighted by molar-refractivity contribution is -0.121. The Bertz CT molecular complexity index is 558. The van der Waals surface area contributed by atoms with E-state index in [2.05, 4.69) is 34.0 Å². The van der Waals surface area contributed by atoms with Crippen molar-refractivity contribution in [1.29, 1.82) is 0 Å². The van der Waals surface area contributed by atoms with E-state index in [9.17, 15) is 9.59 Å². The van der Waals surface area contributed by atoms with Crippen molar-refractivity contribution in [2.45, 2.75) is 39.5 Å². The summed E-state index contributed by atoms with van der Waals surface area (Å²) in [6.07, 6.45) is 8.24. The standard InChI is InChI=1S/C19H31N5O2/c1-16(2)5-12-24(19(26)17-15-20-7-8-21-17)13-6-18(25)22-9-14-23-10-3-4-11-23/h7-8,15-16H,3-6,9-14H2,1-2H3,(H,22,25). The molecule has 0 unspecified atom stereocenters. The predicted molar refractivity (Wildman–Crippen MR) is 101 cm³/mol. The van der Waals surface area contributed by atoms with Crippen molar-refractivity contribution in [2.24, 2.45) is 5.92 Å². The number of hydrogen-bond donors (Lipinski definition) is 1. The van der Waals surface area contributed by atoms with Gasteiger partial charge < -0.3 is 15.1 Å². The third-order valence-electron chi connectivity index (χ3n) is 4.60. The fraction of sp³-hybridized carbons (Fsp3) is 0.684. The maximum absolute atomic E-state index is 12.6. The summed E-state index contributed by atoms with van der Waals surface area (Å²) >= 11 is 0. The maximum Gasteiger partial charge on any atom is 0.274 e. The highest BCUT2D eigenvalue weighted by molar-refractivity contribution is 5.92. The lowest BCUT2D eigenvalue weighted by Gasteiger charge is -2.23. The molecule has 7 nitrogen and oxygen atoms in total. The number of aromatic nitrogens is 2. The van der Waals surface area contributed by atoms with Crippen LogP contribution in [-0.2, 0) is 4.79 Å². The van der Waals surface area contributed by atoms with Crippen LogP contribution in [0.1, 0.15) is 50.0 Å². The second-order valence-corrected chi connectivity index (χ2v) is 7.21. The third kappa shape index (κ3) is 7.07. The van der Waals surface area contributed by atoms with Gasteiger partial charge in [0.1, 0.15) is 5.69 Å². The average molecular weight is 361 g/mol. The first-order valence-corrected chi connectivity index (χ1v) is 9.60. The van der Waals surface area contributed by atoms with Crippen molar-refractivity contribution in [1.82, 2.24) is 25.1 Å². The molecule has 144 valence electrons. The van der Waals surface area contributed by atoms with Gasteiger partial charge in [-0.1, -0.05) is 13.8 Å². The molecule has 0 atom stereocenters. The molecule has 1 saturated heterocycles. The van der Waals surface area contributed by atoms with Crippen LogP contribution in [0.15, 0.2) is 18.6 Å². The molecule has 2 rings (SSSR count). The first-order chi connectivity index (χ1) is 12.6. The number of carbonyl (C=O) groups excluding carboxylic acids is 2. The highest BCUT2D eigenvalue weighted by Crippen LogP contribution is 2.08. The number of nitrogens with zero attached hydrogens (tertiary/aromatic N) is 4. The minimum absolute atomic E-state index is 0.00862. The van der Waals surface area contributed by atoms with Gasteiger partial charge in [-0.05, 0) is 38.3 Å². The molecule has 2 amide bonds. The van der Waals surface area contributed by atoms with E-state index in [4.69, 9.17) is 0 Å². The first-order valence-electron chi connectivity index (χ1n) is 9.60. The minimum Gasteiger partial charge on any atom is -0.355 e. The summed E-state index contributed by atoms with van der Waals surface area (Å²) in [5.41, 5.74) is 0.325. The molecule has 0 aliphatic carbocycles. The predicted octanol–water partition coefficient (Wildman–Crippen LogP) is 1.57. The van der Waals surface area contributed by atoms with E-state index >= 15 is 0 Å². The molecular weight excluding hydrogens is 330 g/mol. The lowest BCUT2D eigenvalue weighted by Crippen LogP contribution is -2.38. The second kappa shape index (κ2) is 10.9. The Morgan fingerprint density at radius 3 is 2.65 bits per heavy atom. The quantitative estimate of drug-likeness (QED) is 0.684. The summed E-state index contributed by atoms with van der Waals surface area (Å²) in [4.78, 5) is 36.9. The molecule has 1 aromatic rings. The first kappa shape index (κ1) is 20.3. The van der Waals surface area contributed by atoms with Crippen LogP contribution in [0, 0.1) is 5.92 Å². The molecule has 26 heavy (non-hydrogen) atoms. The summed E-state index contributed by atoms with van der Waals surface area (Å²) < 4.78 is 0. The Kier molecular flexibility index (Phi) is 8.47. The molecule has 2 heterocycles. The summed E-state index contributed by atoms with van der Waals surface area (Å²) in [5.74, 6) is 0.316. The monoisotopic (exact) mass is 361 g/mol. The van der Waals surface area contributed by atoms with Gasteiger partial charge in [-0.3, -0.25) is 14.6 Å². The SMILES string of the molecule is CC(C)CCN(CCC(=O)NCCN1CCCC1)C(=O)c1cnccn1. The van der Waals surface area contributed by atoms with Crippen molar-refractivity contribution in [3.05, 3.63) is 24.3 Å². The van der Waals surface area contributed by atoms with Crippen LogP contribution < -0.4 is 5.32 Å². The Morgan fingerprint density at radius 2 is 2.00 bits per heavy atom. The van der Waals surface area contributed by atoms with Gasteiger partial charge in [0.15, 0.2) is 0 Å². The largest absolute Gasteiger partial charge is 0.355 e. The smallest absolute Gasteiger partial charge is 0.274 e. The van der Waals surface area contributed by atoms with E-state index in [1.807, 2.05) is 0 Å². The fourth-order valence-corrected chi connectivity index (χ4v) is 2.99. The zero-order valence-corrected chi connectivity index (χ0v) is 16.0. The molecule has 0 saturated carbocycles. The second-order valence-electron chi connectivity index (χ2n) is 7.21. The number of nitrogens with one attached hydrogen (secondary N) is 1. The number of carbonyl (C=O) groups is 2. The molecule has 1 aliphatic rings. The minimum atomic E-state index is -0.163. The summed E-state index contributed by atoms with van der Waals surface area (Å²) in [6, 6.07) is 0. The molecular formula is C19H31N5O2. The Hall–Kier alpha value is -2.02. The zero-order chi connectivity index (χ0) is 18.8. The lowest BCUT2D eigenvalue weighted by atomic mass is 10.1. The fourth-order valence-electron chi connectivity index (χ4n) is 2.99. The van der Waals surface area contributed by atoms with Crippen LogP contribution in [0.3, 0.4) is 0 Å². The van der Waals surface area contributed by atoms with Gasteiger partial charge in [0.25, 0.3) is 5.91 Å². The van der Waals surface area contributed by atoms with E-state index in [-0.39, 0.29) is 11.8 Å². The third-order valence-corrected chi connectivity index (χ3v) is 4.60. The number of rotatable bonds is 10. The molecule has 7 heteroatoms. The van der Waals surface area contributed by atoms with Crippen molar-refractivity contribution >= 4 is 11.8 Å². The Labute approximate surface area is 156 Å². The van der Waals surface area contributed by atoms with E-state index in [1.54, 1.807) is 11.1 Å². The normalized spacial score (nSPS) is 14.6. The van der Waals surface area contributed by atoms with Gasteiger partial charge in [-0.15, -0.1) is 0 Å². The molecule has 0 bridgehead atoms. The van der Waals surface area contributed by atoms with Crippen molar-refractivity contribution in [3.8, 4) is 0 Å². The van der Waals surface area contributed by atoms with Crippen LogP contribution in [0.25, 0.3) is 0 Å². The number of amides is 2. The highest BCUT2D eigenvalue weighted by Gasteiger charge is 2.18. The Balaban J connectivity index is 1.79. The van der Waals surface area contributed by atoms with Crippen molar-refractivity contribution in [3.63, 3.8) is 0 Å². The molecule has 1 aromatic heterocycles. The van der Waals surface area contributed by atoms with E-state index in [0.717, 1.165) is 26.1 Å². The van der Waals surface area contributed by atoms with Gasteiger partial charge in [-0.2, -0.15) is 0 Å². The van der Waals surface area contributed by atoms with Crippen LogP contribution in [-0.4, -0.2) is 70.9 Å². The van der Waals surface area contributed by atoms with Crippen molar-refractivity contribution < 1.29 is 9.59 Å². The van der Waals surface area contributed by atoms with Crippen molar-refractivity contribution in [2.75, 3.05) is 39.3 Å². The van der Waals surface area contributed by atoms with Gasteiger partial charge in [0, 0.05) is 45.0 Å². The molecule has 1 fully saturated rings. The molecule has 1 N–H and O–H groups in total. The van der Waals surface area contributed by atoms with Gasteiger partial charge >= 0.3 is 0 Å². The molecule has 1 aliphatic heterocycles.